The number of rotatable bonds is 4. The Labute approximate surface area is 146 Å². The van der Waals surface area contributed by atoms with Crippen LogP contribution in [0.4, 0.5) is 4.79 Å². The van der Waals surface area contributed by atoms with Gasteiger partial charge >= 0.3 is 6.09 Å². The van der Waals surface area contributed by atoms with Crippen molar-refractivity contribution in [2.45, 2.75) is 20.4 Å². The van der Waals surface area contributed by atoms with E-state index in [-0.39, 0.29) is 11.8 Å². The van der Waals surface area contributed by atoms with Gasteiger partial charge in [0.2, 0.25) is 0 Å². The number of hydrogen-bond donors (Lipinski definition) is 1. The van der Waals surface area contributed by atoms with Gasteiger partial charge in [-0.15, -0.1) is 0 Å². The molecule has 1 amide bonds. The zero-order chi connectivity index (χ0) is 17.8. The van der Waals surface area contributed by atoms with Crippen molar-refractivity contribution < 1.29 is 19.2 Å². The Morgan fingerprint density at radius 1 is 1.32 bits per heavy atom. The highest BCUT2D eigenvalue weighted by Crippen LogP contribution is 2.28. The molecule has 8 nitrogen and oxygen atoms in total. The van der Waals surface area contributed by atoms with E-state index >= 15 is 0 Å². The van der Waals surface area contributed by atoms with E-state index in [1.807, 2.05) is 19.1 Å². The number of aryl methyl sites for hydroxylation is 1. The van der Waals surface area contributed by atoms with E-state index in [9.17, 15) is 9.90 Å². The highest BCUT2D eigenvalue weighted by molar-refractivity contribution is 5.67. The molecular weight excluding hydrogens is 324 g/mol. The van der Waals surface area contributed by atoms with Crippen molar-refractivity contribution in [3.05, 3.63) is 29.6 Å². The van der Waals surface area contributed by atoms with E-state index in [0.29, 0.717) is 43.5 Å². The maximum Gasteiger partial charge on any atom is 0.409 e. The minimum atomic E-state index is -0.265. The van der Waals surface area contributed by atoms with Crippen molar-refractivity contribution in [1.82, 2.24) is 19.9 Å². The van der Waals surface area contributed by atoms with Crippen molar-refractivity contribution in [3.8, 4) is 17.2 Å². The van der Waals surface area contributed by atoms with Crippen LogP contribution in [0.5, 0.6) is 5.75 Å². The van der Waals surface area contributed by atoms with Gasteiger partial charge in [0.15, 0.2) is 5.82 Å². The van der Waals surface area contributed by atoms with Crippen LogP contribution in [0.15, 0.2) is 22.7 Å². The lowest BCUT2D eigenvalue weighted by Crippen LogP contribution is -2.48. The molecule has 0 atom stereocenters. The first-order valence-corrected chi connectivity index (χ1v) is 8.33. The van der Waals surface area contributed by atoms with Crippen LogP contribution in [-0.4, -0.2) is 63.9 Å². The topological polar surface area (TPSA) is 91.9 Å². The first kappa shape index (κ1) is 17.2. The van der Waals surface area contributed by atoms with E-state index in [1.54, 1.807) is 17.9 Å². The van der Waals surface area contributed by atoms with E-state index < -0.39 is 0 Å². The van der Waals surface area contributed by atoms with Gasteiger partial charge in [-0.25, -0.2) is 4.79 Å². The summed E-state index contributed by atoms with van der Waals surface area (Å²) < 4.78 is 10.3. The molecule has 0 unspecified atom stereocenters. The lowest BCUT2D eigenvalue weighted by atomic mass is 10.1. The van der Waals surface area contributed by atoms with Crippen LogP contribution in [0.3, 0.4) is 0 Å². The van der Waals surface area contributed by atoms with Gasteiger partial charge in [-0.05, 0) is 26.0 Å². The third-order valence-electron chi connectivity index (χ3n) is 4.11. The van der Waals surface area contributed by atoms with Gasteiger partial charge in [-0.1, -0.05) is 16.8 Å². The number of benzene rings is 1. The van der Waals surface area contributed by atoms with Crippen molar-refractivity contribution in [2.75, 3.05) is 32.8 Å². The van der Waals surface area contributed by atoms with Crippen LogP contribution >= 0.6 is 0 Å². The van der Waals surface area contributed by atoms with E-state index in [2.05, 4.69) is 15.0 Å². The normalized spacial score (nSPS) is 15.4. The Kier molecular flexibility index (Phi) is 5.18. The summed E-state index contributed by atoms with van der Waals surface area (Å²) in [6.45, 7) is 7.32. The lowest BCUT2D eigenvalue weighted by Gasteiger charge is -2.33. The van der Waals surface area contributed by atoms with Crippen LogP contribution in [-0.2, 0) is 11.3 Å². The molecular formula is C17H22N4O4. The second-order valence-corrected chi connectivity index (χ2v) is 6.00. The molecule has 0 spiro atoms. The fourth-order valence-electron chi connectivity index (χ4n) is 2.75. The molecule has 25 heavy (non-hydrogen) atoms. The van der Waals surface area contributed by atoms with Gasteiger partial charge in [0.05, 0.1) is 18.7 Å². The maximum atomic E-state index is 11.7. The number of phenols is 1. The third kappa shape index (κ3) is 4.08. The number of amides is 1. The first-order valence-electron chi connectivity index (χ1n) is 8.33. The second-order valence-electron chi connectivity index (χ2n) is 6.00. The summed E-state index contributed by atoms with van der Waals surface area (Å²) in [5, 5.41) is 14.0. The zero-order valence-electron chi connectivity index (χ0n) is 14.4. The number of ether oxygens (including phenoxy) is 1. The number of aromatic hydroxyl groups is 1. The number of aromatic nitrogens is 2. The molecule has 1 aromatic heterocycles. The highest BCUT2D eigenvalue weighted by atomic mass is 16.6. The number of piperazine rings is 1. The average Bonchev–Trinajstić information content (AvgIpc) is 3.06. The first-order chi connectivity index (χ1) is 12.1. The largest absolute Gasteiger partial charge is 0.507 e. The summed E-state index contributed by atoms with van der Waals surface area (Å²) >= 11 is 0. The molecule has 0 aliphatic carbocycles. The molecule has 1 saturated heterocycles. The monoisotopic (exact) mass is 346 g/mol. The van der Waals surface area contributed by atoms with Gasteiger partial charge in [0.1, 0.15) is 5.75 Å². The third-order valence-corrected chi connectivity index (χ3v) is 4.11. The summed E-state index contributed by atoms with van der Waals surface area (Å²) in [6, 6.07) is 5.24. The molecule has 1 fully saturated rings. The summed E-state index contributed by atoms with van der Waals surface area (Å²) in [4.78, 5) is 19.9. The number of carbonyl (C=O) groups is 1. The molecule has 1 aliphatic rings. The fourth-order valence-corrected chi connectivity index (χ4v) is 2.75. The van der Waals surface area contributed by atoms with E-state index in [0.717, 1.165) is 18.7 Å². The predicted molar refractivity (Wildman–Crippen MR) is 90.0 cm³/mol. The highest BCUT2D eigenvalue weighted by Gasteiger charge is 2.23. The standard InChI is InChI=1S/C17H22N4O4/c1-3-24-17(23)21-8-6-20(7-9-21)11-15-18-16(25-19-15)13-10-12(2)4-5-14(13)22/h4-5,10,22H,3,6-9,11H2,1-2H3. The van der Waals surface area contributed by atoms with Gasteiger partial charge in [-0.2, -0.15) is 4.98 Å². The Balaban J connectivity index is 1.59. The molecule has 1 aromatic carbocycles. The number of nitrogens with zero attached hydrogens (tertiary/aromatic N) is 4. The molecule has 2 heterocycles. The van der Waals surface area contributed by atoms with E-state index in [4.69, 9.17) is 9.26 Å². The molecule has 8 heteroatoms. The molecule has 0 saturated carbocycles. The summed E-state index contributed by atoms with van der Waals surface area (Å²) in [7, 11) is 0. The Hall–Kier alpha value is -2.61. The molecule has 0 radical (unpaired) electrons. The fraction of sp³-hybridized carbons (Fsp3) is 0.471. The minimum absolute atomic E-state index is 0.115. The molecule has 134 valence electrons. The maximum absolute atomic E-state index is 11.7. The molecule has 1 N–H and O–H groups in total. The Morgan fingerprint density at radius 3 is 2.80 bits per heavy atom. The van der Waals surface area contributed by atoms with Crippen LogP contribution in [0, 0.1) is 6.92 Å². The van der Waals surface area contributed by atoms with E-state index in [1.165, 1.54) is 0 Å². The van der Waals surface area contributed by atoms with Crippen molar-refractivity contribution in [3.63, 3.8) is 0 Å². The summed E-state index contributed by atoms with van der Waals surface area (Å²) in [6.07, 6.45) is -0.265. The number of carbonyl (C=O) groups excluding carboxylic acids is 1. The summed E-state index contributed by atoms with van der Waals surface area (Å²) in [5.41, 5.74) is 1.54. The lowest BCUT2D eigenvalue weighted by molar-refractivity contribution is 0.0769. The molecule has 3 rings (SSSR count). The Morgan fingerprint density at radius 2 is 2.08 bits per heavy atom. The quantitative estimate of drug-likeness (QED) is 0.905. The van der Waals surface area contributed by atoms with Crippen LogP contribution in [0.25, 0.3) is 11.5 Å². The van der Waals surface area contributed by atoms with Gasteiger partial charge in [-0.3, -0.25) is 4.90 Å². The summed E-state index contributed by atoms with van der Waals surface area (Å²) in [5.74, 6) is 0.978. The molecule has 1 aliphatic heterocycles. The van der Waals surface area contributed by atoms with Crippen molar-refractivity contribution in [1.29, 1.82) is 0 Å². The van der Waals surface area contributed by atoms with Gasteiger partial charge in [0, 0.05) is 26.2 Å². The number of phenolic OH excluding ortho intramolecular Hbond substituents is 1. The van der Waals surface area contributed by atoms with Crippen molar-refractivity contribution in [2.24, 2.45) is 0 Å². The predicted octanol–water partition coefficient (Wildman–Crippen LogP) is 2.02. The van der Waals surface area contributed by atoms with Crippen LogP contribution in [0.1, 0.15) is 18.3 Å². The SMILES string of the molecule is CCOC(=O)N1CCN(Cc2noc(-c3cc(C)ccc3O)n2)CC1. The van der Waals surface area contributed by atoms with Gasteiger partial charge in [0.25, 0.3) is 5.89 Å². The number of hydrogen-bond acceptors (Lipinski definition) is 7. The minimum Gasteiger partial charge on any atom is -0.507 e. The molecule has 2 aromatic rings. The Bertz CT molecular complexity index is 738. The smallest absolute Gasteiger partial charge is 0.409 e. The van der Waals surface area contributed by atoms with Crippen LogP contribution < -0.4 is 0 Å². The average molecular weight is 346 g/mol. The zero-order valence-corrected chi connectivity index (χ0v) is 14.4. The van der Waals surface area contributed by atoms with Gasteiger partial charge < -0.3 is 19.3 Å². The van der Waals surface area contributed by atoms with Crippen LogP contribution in [0.2, 0.25) is 0 Å². The van der Waals surface area contributed by atoms with Crippen molar-refractivity contribution >= 4 is 6.09 Å². The second kappa shape index (κ2) is 7.52. The molecule has 0 bridgehead atoms.